The minimum atomic E-state index is -0.405. The highest BCUT2D eigenvalue weighted by atomic mass is 16.6. The predicted molar refractivity (Wildman–Crippen MR) is 81.0 cm³/mol. The van der Waals surface area contributed by atoms with E-state index in [9.17, 15) is 10.1 Å². The number of nitrogens with zero attached hydrogens (tertiary/aromatic N) is 3. The molecule has 112 valence electrons. The molecule has 1 aromatic rings. The average molecular weight is 280 g/mol. The van der Waals surface area contributed by atoms with Crippen LogP contribution in [0, 0.1) is 10.1 Å². The van der Waals surface area contributed by atoms with Crippen molar-refractivity contribution in [1.29, 1.82) is 0 Å². The van der Waals surface area contributed by atoms with Crippen LogP contribution in [0.15, 0.2) is 18.3 Å². The number of hydrogen-bond donors (Lipinski definition) is 1. The summed E-state index contributed by atoms with van der Waals surface area (Å²) in [6, 6.07) is 3.21. The Morgan fingerprint density at radius 2 is 2.15 bits per heavy atom. The summed E-state index contributed by atoms with van der Waals surface area (Å²) in [6.07, 6.45) is 3.60. The smallest absolute Gasteiger partial charge is 0.311 e. The Balaban J connectivity index is 2.46. The highest BCUT2D eigenvalue weighted by Crippen LogP contribution is 2.21. The molecule has 0 saturated carbocycles. The fourth-order valence-corrected chi connectivity index (χ4v) is 2.12. The molecule has 0 fully saturated rings. The molecule has 1 N–H and O–H groups in total. The standard InChI is InChI=1S/C14H24N4O2/c1-4-17(5-2)11-7-8-12(3)16-14-13(18(19)20)9-6-10-15-14/h6,9-10,12H,4-5,7-8,11H2,1-3H3,(H,15,16)/t12-/m1/s1. The van der Waals surface area contributed by atoms with Crippen molar-refractivity contribution in [3.05, 3.63) is 28.4 Å². The van der Waals surface area contributed by atoms with Gasteiger partial charge in [0, 0.05) is 18.3 Å². The molecule has 0 aliphatic rings. The molecular weight excluding hydrogens is 256 g/mol. The van der Waals surface area contributed by atoms with Gasteiger partial charge in [0.15, 0.2) is 0 Å². The lowest BCUT2D eigenvalue weighted by atomic mass is 10.1. The molecule has 0 aromatic carbocycles. The Hall–Kier alpha value is -1.69. The summed E-state index contributed by atoms with van der Waals surface area (Å²) in [5.41, 5.74) is 0.0306. The highest BCUT2D eigenvalue weighted by Gasteiger charge is 2.15. The van der Waals surface area contributed by atoms with E-state index in [1.807, 2.05) is 6.92 Å². The van der Waals surface area contributed by atoms with Crippen LogP contribution in [0.4, 0.5) is 11.5 Å². The van der Waals surface area contributed by atoms with Gasteiger partial charge in [0.1, 0.15) is 0 Å². The lowest BCUT2D eigenvalue weighted by molar-refractivity contribution is -0.384. The van der Waals surface area contributed by atoms with E-state index >= 15 is 0 Å². The third-order valence-electron chi connectivity index (χ3n) is 3.37. The van der Waals surface area contributed by atoms with Crippen LogP contribution in [-0.4, -0.2) is 40.5 Å². The molecule has 6 nitrogen and oxygen atoms in total. The van der Waals surface area contributed by atoms with Gasteiger partial charge in [-0.2, -0.15) is 0 Å². The SMILES string of the molecule is CCN(CC)CCC[C@@H](C)Nc1ncccc1[N+](=O)[O-]. The summed E-state index contributed by atoms with van der Waals surface area (Å²) in [7, 11) is 0. The van der Waals surface area contributed by atoms with Gasteiger partial charge in [-0.25, -0.2) is 4.98 Å². The summed E-state index contributed by atoms with van der Waals surface area (Å²) >= 11 is 0. The normalized spacial score (nSPS) is 12.4. The van der Waals surface area contributed by atoms with Crippen LogP contribution in [0.2, 0.25) is 0 Å². The van der Waals surface area contributed by atoms with E-state index in [2.05, 4.69) is 29.0 Å². The molecule has 0 bridgehead atoms. The fourth-order valence-electron chi connectivity index (χ4n) is 2.12. The largest absolute Gasteiger partial charge is 0.362 e. The van der Waals surface area contributed by atoms with Crippen LogP contribution in [0.25, 0.3) is 0 Å². The van der Waals surface area contributed by atoms with Gasteiger partial charge in [0.25, 0.3) is 0 Å². The molecule has 0 aliphatic heterocycles. The Morgan fingerprint density at radius 3 is 2.75 bits per heavy atom. The molecular formula is C14H24N4O2. The van der Waals surface area contributed by atoms with Crippen LogP contribution in [0.3, 0.4) is 0 Å². The maximum absolute atomic E-state index is 10.9. The first-order chi connectivity index (χ1) is 9.58. The van der Waals surface area contributed by atoms with Crippen LogP contribution in [-0.2, 0) is 0 Å². The summed E-state index contributed by atoms with van der Waals surface area (Å²) in [5.74, 6) is 0.354. The van der Waals surface area contributed by atoms with E-state index in [0.29, 0.717) is 5.82 Å². The number of anilines is 1. The lowest BCUT2D eigenvalue weighted by Crippen LogP contribution is -2.25. The molecule has 0 aliphatic carbocycles. The monoisotopic (exact) mass is 280 g/mol. The van der Waals surface area contributed by atoms with Gasteiger partial charge in [-0.05, 0) is 45.5 Å². The van der Waals surface area contributed by atoms with E-state index in [-0.39, 0.29) is 11.7 Å². The Kier molecular flexibility index (Phi) is 6.93. The lowest BCUT2D eigenvalue weighted by Gasteiger charge is -2.19. The van der Waals surface area contributed by atoms with Crippen molar-refractivity contribution < 1.29 is 4.92 Å². The minimum Gasteiger partial charge on any atom is -0.362 e. The van der Waals surface area contributed by atoms with Crippen LogP contribution in [0.5, 0.6) is 0 Å². The first kappa shape index (κ1) is 16.4. The average Bonchev–Trinajstić information content (AvgIpc) is 2.44. The van der Waals surface area contributed by atoms with Crippen molar-refractivity contribution in [1.82, 2.24) is 9.88 Å². The maximum atomic E-state index is 10.9. The van der Waals surface area contributed by atoms with Crippen LogP contribution >= 0.6 is 0 Å². The van der Waals surface area contributed by atoms with E-state index < -0.39 is 4.92 Å². The van der Waals surface area contributed by atoms with Crippen LogP contribution < -0.4 is 5.32 Å². The third kappa shape index (κ3) is 5.13. The highest BCUT2D eigenvalue weighted by molar-refractivity contribution is 5.55. The number of hydrogen-bond acceptors (Lipinski definition) is 5. The van der Waals surface area contributed by atoms with Crippen molar-refractivity contribution in [2.75, 3.05) is 25.0 Å². The molecule has 0 unspecified atom stereocenters. The van der Waals surface area contributed by atoms with Gasteiger partial charge in [0.05, 0.1) is 4.92 Å². The Bertz CT molecular complexity index is 421. The number of nitrogens with one attached hydrogen (secondary N) is 1. The van der Waals surface area contributed by atoms with Gasteiger partial charge in [-0.1, -0.05) is 13.8 Å². The zero-order chi connectivity index (χ0) is 15.0. The summed E-state index contributed by atoms with van der Waals surface area (Å²) in [6.45, 7) is 9.52. The van der Waals surface area contributed by atoms with E-state index in [0.717, 1.165) is 32.5 Å². The second-order valence-corrected chi connectivity index (χ2v) is 4.84. The molecule has 1 rings (SSSR count). The zero-order valence-corrected chi connectivity index (χ0v) is 12.5. The topological polar surface area (TPSA) is 71.3 Å². The zero-order valence-electron chi connectivity index (χ0n) is 12.5. The molecule has 0 spiro atoms. The Morgan fingerprint density at radius 1 is 1.45 bits per heavy atom. The van der Waals surface area contributed by atoms with Gasteiger partial charge < -0.3 is 10.2 Å². The molecule has 1 aromatic heterocycles. The number of rotatable bonds is 9. The van der Waals surface area contributed by atoms with Gasteiger partial charge in [0.2, 0.25) is 5.82 Å². The summed E-state index contributed by atoms with van der Waals surface area (Å²) in [4.78, 5) is 16.9. The first-order valence-corrected chi connectivity index (χ1v) is 7.16. The number of pyridine rings is 1. The van der Waals surface area contributed by atoms with Crippen molar-refractivity contribution >= 4 is 11.5 Å². The number of nitro groups is 1. The second-order valence-electron chi connectivity index (χ2n) is 4.84. The molecule has 1 atom stereocenters. The molecule has 20 heavy (non-hydrogen) atoms. The van der Waals surface area contributed by atoms with Crippen molar-refractivity contribution in [3.8, 4) is 0 Å². The minimum absolute atomic E-state index is 0.0306. The predicted octanol–water partition coefficient (Wildman–Crippen LogP) is 2.91. The molecule has 1 heterocycles. The van der Waals surface area contributed by atoms with Crippen LogP contribution in [0.1, 0.15) is 33.6 Å². The molecule has 0 saturated heterocycles. The quantitative estimate of drug-likeness (QED) is 0.556. The van der Waals surface area contributed by atoms with Crippen molar-refractivity contribution in [2.24, 2.45) is 0 Å². The first-order valence-electron chi connectivity index (χ1n) is 7.16. The van der Waals surface area contributed by atoms with Crippen molar-refractivity contribution in [2.45, 2.75) is 39.7 Å². The summed E-state index contributed by atoms with van der Waals surface area (Å²) < 4.78 is 0. The van der Waals surface area contributed by atoms with E-state index in [4.69, 9.17) is 0 Å². The molecule has 6 heteroatoms. The second kappa shape index (κ2) is 8.47. The van der Waals surface area contributed by atoms with E-state index in [1.165, 1.54) is 6.07 Å². The summed E-state index contributed by atoms with van der Waals surface area (Å²) in [5, 5.41) is 14.0. The van der Waals surface area contributed by atoms with Gasteiger partial charge in [-0.15, -0.1) is 0 Å². The van der Waals surface area contributed by atoms with Gasteiger partial charge in [-0.3, -0.25) is 10.1 Å². The molecule has 0 amide bonds. The third-order valence-corrected chi connectivity index (χ3v) is 3.37. The number of aromatic nitrogens is 1. The van der Waals surface area contributed by atoms with Crippen molar-refractivity contribution in [3.63, 3.8) is 0 Å². The maximum Gasteiger partial charge on any atom is 0.311 e. The fraction of sp³-hybridized carbons (Fsp3) is 0.643. The Labute approximate surface area is 120 Å². The van der Waals surface area contributed by atoms with Gasteiger partial charge >= 0.3 is 5.69 Å². The molecule has 0 radical (unpaired) electrons. The van der Waals surface area contributed by atoms with E-state index in [1.54, 1.807) is 12.3 Å².